The fourth-order valence-corrected chi connectivity index (χ4v) is 10.8. The molecule has 2 aliphatic heterocycles. The molecule has 0 aliphatic carbocycles. The molecule has 0 bridgehead atoms. The van der Waals surface area contributed by atoms with Gasteiger partial charge in [-0.25, -0.2) is 19.6 Å². The van der Waals surface area contributed by atoms with E-state index in [1.165, 1.54) is 0 Å². The van der Waals surface area contributed by atoms with E-state index in [0.29, 0.717) is 137 Å². The molecule has 0 spiro atoms. The minimum absolute atomic E-state index is 0. The Kier molecular flexibility index (Phi) is 34.7. The lowest BCUT2D eigenvalue weighted by atomic mass is 9.84. The molecule has 6 N–H and O–H groups in total. The van der Waals surface area contributed by atoms with E-state index >= 15 is 0 Å². The van der Waals surface area contributed by atoms with Crippen molar-refractivity contribution >= 4 is 132 Å². The number of nitrogens with zero attached hydrogens (tertiary/aromatic N) is 6. The van der Waals surface area contributed by atoms with Crippen LogP contribution in [-0.4, -0.2) is 161 Å². The Morgan fingerprint density at radius 2 is 0.871 bits per heavy atom. The summed E-state index contributed by atoms with van der Waals surface area (Å²) in [5.41, 5.74) is 10.3. The number of anilines is 2. The molecule has 18 nitrogen and oxygen atoms in total. The average molecular weight is 1360 g/mol. The standard InChI is InChI=1S/C58H70Cl4N12O6.5ClH/c1-73-35-47(45-27-43(59)29-51(61)49(45)37-73)39-7-5-9-41(25-39)53-31-63-33-55(71-53)65-13-17-77-21-23-79-19-15-69-57(75)67-11-3-4-12-68-58(76)70-16-20-80-24-22-78-18-14-66-56-34-64-32-54(72-56)42-10-6-8-40(26-42)48-36-74(2)38-50-46(48)28-44(60)30-52(50)62;;;;;/h5-10,25-34,47-48H,3-4,11-24,35-38H2,1-2H3,(H,65,71)(H,66,72)(H2,67,69,75)(H2,68,70,76);5*1H/t47-,48-;;;;;/m0...../s1. The van der Waals surface area contributed by atoms with Gasteiger partial charge >= 0.3 is 12.1 Å². The van der Waals surface area contributed by atoms with E-state index in [9.17, 15) is 9.59 Å². The van der Waals surface area contributed by atoms with Crippen LogP contribution in [0.2, 0.25) is 20.1 Å². The number of rotatable bonds is 29. The summed E-state index contributed by atoms with van der Waals surface area (Å²) in [4.78, 5) is 47.4. The number of halogens is 9. The van der Waals surface area contributed by atoms with Crippen LogP contribution in [0, 0.1) is 0 Å². The molecule has 27 heteroatoms. The molecule has 6 aromatic rings. The number of likely N-dealkylation sites (N-methyl/N-ethyl adjacent to an activating group) is 2. The van der Waals surface area contributed by atoms with Crippen molar-refractivity contribution in [2.24, 2.45) is 0 Å². The van der Waals surface area contributed by atoms with Crippen molar-refractivity contribution in [2.75, 3.05) is 130 Å². The molecule has 4 amide bonds. The van der Waals surface area contributed by atoms with Crippen molar-refractivity contribution < 1.29 is 28.5 Å². The van der Waals surface area contributed by atoms with Crippen LogP contribution < -0.4 is 31.9 Å². The predicted molar refractivity (Wildman–Crippen MR) is 353 cm³/mol. The highest BCUT2D eigenvalue weighted by Crippen LogP contribution is 2.41. The summed E-state index contributed by atoms with van der Waals surface area (Å²) in [6.07, 6.45) is 8.33. The van der Waals surface area contributed by atoms with Crippen LogP contribution in [0.3, 0.4) is 0 Å². The molecule has 0 saturated heterocycles. The van der Waals surface area contributed by atoms with Gasteiger partial charge in [0, 0.05) is 109 Å². The van der Waals surface area contributed by atoms with Gasteiger partial charge in [0.05, 0.1) is 89.0 Å². The summed E-state index contributed by atoms with van der Waals surface area (Å²) < 4.78 is 22.6. The van der Waals surface area contributed by atoms with Gasteiger partial charge in [-0.15, -0.1) is 62.0 Å². The van der Waals surface area contributed by atoms with Gasteiger partial charge in [-0.2, -0.15) is 0 Å². The van der Waals surface area contributed by atoms with E-state index in [1.54, 1.807) is 24.8 Å². The number of amides is 4. The van der Waals surface area contributed by atoms with Gasteiger partial charge in [-0.3, -0.25) is 9.97 Å². The van der Waals surface area contributed by atoms with E-state index < -0.39 is 0 Å². The summed E-state index contributed by atoms with van der Waals surface area (Å²) in [5.74, 6) is 1.55. The molecule has 2 aromatic heterocycles. The average Bonchev–Trinajstić information content (AvgIpc) is 3.25. The molecule has 0 unspecified atom stereocenters. The molecule has 2 aliphatic rings. The van der Waals surface area contributed by atoms with E-state index in [-0.39, 0.29) is 85.9 Å². The van der Waals surface area contributed by atoms with Crippen LogP contribution >= 0.6 is 108 Å². The molecule has 8 rings (SSSR count). The molecule has 4 aromatic carbocycles. The number of benzene rings is 4. The molecule has 2 atom stereocenters. The second-order valence-electron chi connectivity index (χ2n) is 19.6. The highest BCUT2D eigenvalue weighted by atomic mass is 35.5. The first-order valence-corrected chi connectivity index (χ1v) is 28.5. The Morgan fingerprint density at radius 3 is 1.27 bits per heavy atom. The minimum atomic E-state index is -0.273. The van der Waals surface area contributed by atoms with Gasteiger partial charge in [0.15, 0.2) is 0 Å². The number of aromatic nitrogens is 4. The third-order valence-corrected chi connectivity index (χ3v) is 14.6. The molecular formula is C58H75Cl9N12O6. The Labute approximate surface area is 549 Å². The first kappa shape index (κ1) is 74.8. The van der Waals surface area contributed by atoms with E-state index in [0.717, 1.165) is 82.1 Å². The largest absolute Gasteiger partial charge is 0.377 e. The number of ether oxygens (including phenoxy) is 4. The van der Waals surface area contributed by atoms with Gasteiger partial charge in [0.2, 0.25) is 0 Å². The zero-order chi connectivity index (χ0) is 56.1. The molecule has 466 valence electrons. The van der Waals surface area contributed by atoms with Crippen molar-refractivity contribution in [1.29, 1.82) is 0 Å². The van der Waals surface area contributed by atoms with Gasteiger partial charge in [0.1, 0.15) is 11.6 Å². The number of carbonyl (C=O) groups excluding carboxylic acids is 2. The number of nitrogens with one attached hydrogen (secondary N) is 6. The number of carbonyl (C=O) groups is 2. The van der Waals surface area contributed by atoms with Crippen LogP contribution in [0.25, 0.3) is 22.5 Å². The Morgan fingerprint density at radius 1 is 0.494 bits per heavy atom. The van der Waals surface area contributed by atoms with Crippen molar-refractivity contribution in [1.82, 2.24) is 51.0 Å². The number of unbranched alkanes of at least 4 members (excludes halogenated alkanes) is 1. The minimum Gasteiger partial charge on any atom is -0.377 e. The Bertz CT molecular complexity index is 2800. The molecular weight excluding hydrogens is 1280 g/mol. The lowest BCUT2D eigenvalue weighted by Crippen LogP contribution is -2.39. The van der Waals surface area contributed by atoms with Gasteiger partial charge < -0.3 is 60.6 Å². The molecule has 4 heterocycles. The molecule has 85 heavy (non-hydrogen) atoms. The van der Waals surface area contributed by atoms with E-state index in [2.05, 4.69) is 90.0 Å². The van der Waals surface area contributed by atoms with Crippen LogP contribution in [0.5, 0.6) is 0 Å². The maximum atomic E-state index is 12.2. The highest BCUT2D eigenvalue weighted by molar-refractivity contribution is 6.35. The summed E-state index contributed by atoms with van der Waals surface area (Å²) >= 11 is 26.1. The molecule has 0 fully saturated rings. The SMILES string of the molecule is CN1Cc2c(Cl)cc(Cl)cc2[C@H](c2cccc(-c3cncc(NCCOCCOCCNC(=O)NCCCCNC(=O)NCCOCCOCCNc4cncc(-c5cccc([C@@H]6CN(C)Cc7c(Cl)cc(Cl)cc76)c5)n4)n3)c2)C1.Cl.Cl.Cl.Cl.Cl. The monoisotopic (exact) mass is 1350 g/mol. The number of hydrogen-bond donors (Lipinski definition) is 6. The van der Waals surface area contributed by atoms with Crippen molar-refractivity contribution in [3.63, 3.8) is 0 Å². The van der Waals surface area contributed by atoms with Crippen molar-refractivity contribution in [3.8, 4) is 22.5 Å². The zero-order valence-corrected chi connectivity index (χ0v) is 54.3. The third-order valence-electron chi connectivity index (χ3n) is 13.5. The zero-order valence-electron chi connectivity index (χ0n) is 47.2. The lowest BCUT2D eigenvalue weighted by molar-refractivity contribution is 0.0533. The quantitative estimate of drug-likeness (QED) is 0.0242. The van der Waals surface area contributed by atoms with Crippen LogP contribution in [0.4, 0.5) is 21.2 Å². The summed E-state index contributed by atoms with van der Waals surface area (Å²) in [5, 5.41) is 20.4. The summed E-state index contributed by atoms with van der Waals surface area (Å²) in [6.45, 7) is 9.27. The van der Waals surface area contributed by atoms with Crippen LogP contribution in [-0.2, 0) is 32.0 Å². The van der Waals surface area contributed by atoms with E-state index in [4.69, 9.17) is 75.3 Å². The number of urea groups is 2. The van der Waals surface area contributed by atoms with Crippen LogP contribution in [0.1, 0.15) is 58.1 Å². The van der Waals surface area contributed by atoms with Crippen molar-refractivity contribution in [2.45, 2.75) is 37.8 Å². The first-order chi connectivity index (χ1) is 39.0. The second kappa shape index (κ2) is 39.4. The highest BCUT2D eigenvalue weighted by Gasteiger charge is 2.29. The fourth-order valence-electron chi connectivity index (χ4n) is 9.67. The van der Waals surface area contributed by atoms with Crippen molar-refractivity contribution in [3.05, 3.63) is 151 Å². The molecule has 0 radical (unpaired) electrons. The normalized spacial score (nSPS) is 14.3. The fraction of sp³-hybridized carbons (Fsp3) is 0.414. The summed E-state index contributed by atoms with van der Waals surface area (Å²) in [7, 11) is 4.20. The van der Waals surface area contributed by atoms with Gasteiger partial charge in [-0.05, 0) is 96.7 Å². The van der Waals surface area contributed by atoms with Gasteiger partial charge in [0.25, 0.3) is 0 Å². The lowest BCUT2D eigenvalue weighted by Gasteiger charge is -2.33. The van der Waals surface area contributed by atoms with E-state index in [1.807, 2.05) is 48.5 Å². The Hall–Kier alpha value is -4.45. The predicted octanol–water partition coefficient (Wildman–Crippen LogP) is 11.4. The van der Waals surface area contributed by atoms with Crippen LogP contribution in [0.15, 0.2) is 97.6 Å². The summed E-state index contributed by atoms with van der Waals surface area (Å²) in [6, 6.07) is 23.9. The number of fused-ring (bicyclic) bond motifs is 2. The first-order valence-electron chi connectivity index (χ1n) is 27.0. The third kappa shape index (κ3) is 23.5. The maximum Gasteiger partial charge on any atom is 0.314 e. The smallest absolute Gasteiger partial charge is 0.314 e. The topological polar surface area (TPSA) is 201 Å². The number of hydrogen-bond acceptors (Lipinski definition) is 14. The Balaban J connectivity index is 0.00000378. The maximum absolute atomic E-state index is 12.2. The second-order valence-corrected chi connectivity index (χ2v) is 21.3. The molecule has 0 saturated carbocycles. The van der Waals surface area contributed by atoms with Gasteiger partial charge in [-0.1, -0.05) is 82.8 Å².